The summed E-state index contributed by atoms with van der Waals surface area (Å²) in [5, 5.41) is 17.5. The van der Waals surface area contributed by atoms with Crippen molar-refractivity contribution in [1.82, 2.24) is 15.5 Å². The molecule has 0 fully saturated rings. The SMILES string of the molecule is CC(CO)NC(=O)c1[nH]ncc1Br. The summed E-state index contributed by atoms with van der Waals surface area (Å²) in [6.45, 7) is 1.62. The van der Waals surface area contributed by atoms with E-state index >= 15 is 0 Å². The number of carbonyl (C=O) groups is 1. The lowest BCUT2D eigenvalue weighted by atomic mass is 10.3. The van der Waals surface area contributed by atoms with E-state index in [1.165, 1.54) is 6.20 Å². The summed E-state index contributed by atoms with van der Waals surface area (Å²) in [6.07, 6.45) is 1.50. The Labute approximate surface area is 83.7 Å². The topological polar surface area (TPSA) is 78.0 Å². The number of carbonyl (C=O) groups excluding carboxylic acids is 1. The van der Waals surface area contributed by atoms with Gasteiger partial charge in [-0.05, 0) is 22.9 Å². The number of halogens is 1. The summed E-state index contributed by atoms with van der Waals surface area (Å²) in [7, 11) is 0. The summed E-state index contributed by atoms with van der Waals surface area (Å²) < 4.78 is 0.607. The van der Waals surface area contributed by atoms with E-state index in [0.717, 1.165) is 0 Å². The quantitative estimate of drug-likeness (QED) is 0.719. The van der Waals surface area contributed by atoms with Gasteiger partial charge in [0.15, 0.2) is 0 Å². The van der Waals surface area contributed by atoms with Crippen molar-refractivity contribution in [3.8, 4) is 0 Å². The van der Waals surface area contributed by atoms with Gasteiger partial charge < -0.3 is 10.4 Å². The Hall–Kier alpha value is -0.880. The van der Waals surface area contributed by atoms with E-state index < -0.39 is 0 Å². The minimum absolute atomic E-state index is 0.0858. The van der Waals surface area contributed by atoms with Crippen LogP contribution >= 0.6 is 15.9 Å². The van der Waals surface area contributed by atoms with Crippen molar-refractivity contribution >= 4 is 21.8 Å². The molecule has 0 saturated carbocycles. The van der Waals surface area contributed by atoms with E-state index in [1.807, 2.05) is 0 Å². The molecule has 1 heterocycles. The number of nitrogens with one attached hydrogen (secondary N) is 2. The number of rotatable bonds is 3. The van der Waals surface area contributed by atoms with Crippen LogP contribution in [0.25, 0.3) is 0 Å². The normalized spacial score (nSPS) is 12.5. The van der Waals surface area contributed by atoms with Gasteiger partial charge in [-0.2, -0.15) is 5.10 Å². The van der Waals surface area contributed by atoms with Crippen LogP contribution in [0.1, 0.15) is 17.4 Å². The van der Waals surface area contributed by atoms with Crippen molar-refractivity contribution < 1.29 is 9.90 Å². The molecule has 0 spiro atoms. The molecule has 6 heteroatoms. The average Bonchev–Trinajstić information content (AvgIpc) is 2.51. The van der Waals surface area contributed by atoms with Crippen molar-refractivity contribution in [2.75, 3.05) is 6.61 Å². The highest BCUT2D eigenvalue weighted by molar-refractivity contribution is 9.10. The second-order valence-electron chi connectivity index (χ2n) is 2.65. The van der Waals surface area contributed by atoms with E-state index in [9.17, 15) is 4.79 Å². The smallest absolute Gasteiger partial charge is 0.270 e. The minimum Gasteiger partial charge on any atom is -0.394 e. The fraction of sp³-hybridized carbons (Fsp3) is 0.429. The Morgan fingerprint density at radius 2 is 2.62 bits per heavy atom. The number of aliphatic hydroxyl groups excluding tert-OH is 1. The van der Waals surface area contributed by atoms with Gasteiger partial charge in [0.2, 0.25) is 0 Å². The predicted octanol–water partition coefficient (Wildman–Crippen LogP) is 0.283. The zero-order chi connectivity index (χ0) is 9.84. The molecule has 0 aromatic carbocycles. The van der Waals surface area contributed by atoms with Crippen molar-refractivity contribution in [3.05, 3.63) is 16.4 Å². The van der Waals surface area contributed by atoms with E-state index in [-0.39, 0.29) is 18.6 Å². The lowest BCUT2D eigenvalue weighted by Crippen LogP contribution is -2.35. The molecule has 1 aromatic heterocycles. The van der Waals surface area contributed by atoms with Gasteiger partial charge in [-0.3, -0.25) is 9.89 Å². The molecular formula is C7H10BrN3O2. The third-order valence-corrected chi connectivity index (χ3v) is 2.07. The standard InChI is InChI=1S/C7H10BrN3O2/c1-4(3-12)10-7(13)6-5(8)2-9-11-6/h2,4,12H,3H2,1H3,(H,9,11)(H,10,13). The number of aromatic nitrogens is 2. The molecule has 72 valence electrons. The Morgan fingerprint density at radius 3 is 3.08 bits per heavy atom. The molecule has 1 aromatic rings. The Bertz CT molecular complexity index is 300. The first-order valence-corrected chi connectivity index (χ1v) is 4.55. The Morgan fingerprint density at radius 1 is 1.92 bits per heavy atom. The fourth-order valence-electron chi connectivity index (χ4n) is 0.772. The van der Waals surface area contributed by atoms with E-state index in [1.54, 1.807) is 6.92 Å². The van der Waals surface area contributed by atoms with Gasteiger partial charge in [0.05, 0.1) is 17.3 Å². The van der Waals surface area contributed by atoms with Gasteiger partial charge >= 0.3 is 0 Å². The molecule has 13 heavy (non-hydrogen) atoms. The predicted molar refractivity (Wildman–Crippen MR) is 50.3 cm³/mol. The molecule has 1 amide bonds. The summed E-state index contributed by atoms with van der Waals surface area (Å²) >= 11 is 3.16. The molecule has 0 aliphatic heterocycles. The maximum absolute atomic E-state index is 11.4. The number of hydrogen-bond acceptors (Lipinski definition) is 3. The van der Waals surface area contributed by atoms with Crippen LogP contribution in [0.4, 0.5) is 0 Å². The van der Waals surface area contributed by atoms with Gasteiger partial charge in [0.1, 0.15) is 5.69 Å². The molecule has 1 unspecified atom stereocenters. The molecule has 0 aliphatic rings. The summed E-state index contributed by atoms with van der Waals surface area (Å²) in [6, 6.07) is -0.261. The number of aliphatic hydroxyl groups is 1. The van der Waals surface area contributed by atoms with Crippen LogP contribution in [0.3, 0.4) is 0 Å². The second kappa shape index (κ2) is 4.38. The largest absolute Gasteiger partial charge is 0.394 e. The molecule has 0 saturated heterocycles. The number of amides is 1. The molecule has 3 N–H and O–H groups in total. The lowest BCUT2D eigenvalue weighted by Gasteiger charge is -2.09. The number of hydrogen-bond donors (Lipinski definition) is 3. The first-order chi connectivity index (χ1) is 6.15. The van der Waals surface area contributed by atoms with Crippen LogP contribution in [0.2, 0.25) is 0 Å². The number of nitrogens with zero attached hydrogens (tertiary/aromatic N) is 1. The second-order valence-corrected chi connectivity index (χ2v) is 3.50. The van der Waals surface area contributed by atoms with Crippen LogP contribution in [-0.2, 0) is 0 Å². The van der Waals surface area contributed by atoms with Crippen molar-refractivity contribution in [2.45, 2.75) is 13.0 Å². The van der Waals surface area contributed by atoms with Crippen molar-refractivity contribution in [1.29, 1.82) is 0 Å². The fourth-order valence-corrected chi connectivity index (χ4v) is 1.14. The maximum Gasteiger partial charge on any atom is 0.270 e. The summed E-state index contributed by atoms with van der Waals surface area (Å²) in [5.41, 5.74) is 0.361. The minimum atomic E-state index is -0.286. The monoisotopic (exact) mass is 247 g/mol. The van der Waals surface area contributed by atoms with E-state index in [4.69, 9.17) is 5.11 Å². The number of aromatic amines is 1. The highest BCUT2D eigenvalue weighted by Gasteiger charge is 2.13. The van der Waals surface area contributed by atoms with E-state index in [2.05, 4.69) is 31.4 Å². The summed E-state index contributed by atoms with van der Waals surface area (Å²) in [5.74, 6) is -0.286. The third-order valence-electron chi connectivity index (χ3n) is 1.47. The zero-order valence-electron chi connectivity index (χ0n) is 7.04. The third kappa shape index (κ3) is 2.53. The van der Waals surface area contributed by atoms with Crippen LogP contribution in [-0.4, -0.2) is 33.9 Å². The lowest BCUT2D eigenvalue weighted by molar-refractivity contribution is 0.0916. The molecule has 1 atom stereocenters. The maximum atomic E-state index is 11.4. The van der Waals surface area contributed by atoms with E-state index in [0.29, 0.717) is 10.2 Å². The van der Waals surface area contributed by atoms with Gasteiger partial charge in [-0.1, -0.05) is 0 Å². The number of H-pyrrole nitrogens is 1. The first kappa shape index (κ1) is 10.2. The molecule has 5 nitrogen and oxygen atoms in total. The molecular weight excluding hydrogens is 238 g/mol. The Kier molecular flexibility index (Phi) is 3.44. The van der Waals surface area contributed by atoms with Crippen LogP contribution in [0, 0.1) is 0 Å². The van der Waals surface area contributed by atoms with Crippen molar-refractivity contribution in [3.63, 3.8) is 0 Å². The Balaban J connectivity index is 2.64. The molecule has 1 rings (SSSR count). The average molecular weight is 248 g/mol. The molecule has 0 aliphatic carbocycles. The highest BCUT2D eigenvalue weighted by atomic mass is 79.9. The summed E-state index contributed by atoms with van der Waals surface area (Å²) in [4.78, 5) is 11.4. The van der Waals surface area contributed by atoms with Crippen LogP contribution in [0.15, 0.2) is 10.7 Å². The van der Waals surface area contributed by atoms with Crippen LogP contribution < -0.4 is 5.32 Å². The molecule has 0 radical (unpaired) electrons. The molecule has 0 bridgehead atoms. The van der Waals surface area contributed by atoms with Gasteiger partial charge in [-0.15, -0.1) is 0 Å². The first-order valence-electron chi connectivity index (χ1n) is 3.75. The van der Waals surface area contributed by atoms with Gasteiger partial charge in [0.25, 0.3) is 5.91 Å². The van der Waals surface area contributed by atoms with Gasteiger partial charge in [0, 0.05) is 6.04 Å². The highest BCUT2D eigenvalue weighted by Crippen LogP contribution is 2.12. The van der Waals surface area contributed by atoms with Crippen LogP contribution in [0.5, 0.6) is 0 Å². The van der Waals surface area contributed by atoms with Gasteiger partial charge in [-0.25, -0.2) is 0 Å². The zero-order valence-corrected chi connectivity index (χ0v) is 8.63. The van der Waals surface area contributed by atoms with Crippen molar-refractivity contribution in [2.24, 2.45) is 0 Å².